The molecule has 6 heteroatoms. The number of hydrogen-bond donors (Lipinski definition) is 0. The fourth-order valence-corrected chi connectivity index (χ4v) is 1.80. The Hall–Kier alpha value is -1.88. The molecule has 0 radical (unpaired) electrons. The van der Waals surface area contributed by atoms with Crippen molar-refractivity contribution < 1.29 is 4.79 Å². The summed E-state index contributed by atoms with van der Waals surface area (Å²) < 4.78 is 1.62. The highest BCUT2D eigenvalue weighted by atomic mass is 35.5. The van der Waals surface area contributed by atoms with Gasteiger partial charge in [0.15, 0.2) is 0 Å². The predicted molar refractivity (Wildman–Crippen MR) is 70.2 cm³/mol. The molecule has 1 amide bonds. The predicted octanol–water partition coefficient (Wildman–Crippen LogP) is 2.21. The second kappa shape index (κ2) is 4.78. The average Bonchev–Trinajstić information content (AvgIpc) is 2.70. The van der Waals surface area contributed by atoms with E-state index in [0.29, 0.717) is 10.7 Å². The summed E-state index contributed by atoms with van der Waals surface area (Å²) in [5.41, 5.74) is 2.19. The molecule has 0 N–H and O–H groups in total. The van der Waals surface area contributed by atoms with Gasteiger partial charge in [0, 0.05) is 20.2 Å². The van der Waals surface area contributed by atoms with E-state index in [-0.39, 0.29) is 5.91 Å². The molecule has 0 atom stereocenters. The summed E-state index contributed by atoms with van der Waals surface area (Å²) in [5.74, 6) is -0.0464. The van der Waals surface area contributed by atoms with Crippen LogP contribution in [0, 0.1) is 6.92 Å². The van der Waals surface area contributed by atoms with Crippen LogP contribution in [0.5, 0.6) is 0 Å². The molecule has 0 saturated heterocycles. The van der Waals surface area contributed by atoms with E-state index in [9.17, 15) is 4.79 Å². The SMILES string of the molecule is CC(=O)N(C)c1cn(-c2cnccc2Cl)nc1C. The molecule has 0 saturated carbocycles. The molecule has 0 fully saturated rings. The Morgan fingerprint density at radius 3 is 2.83 bits per heavy atom. The quantitative estimate of drug-likeness (QED) is 0.836. The maximum Gasteiger partial charge on any atom is 0.223 e. The second-order valence-electron chi connectivity index (χ2n) is 3.95. The Balaban J connectivity index is 2.47. The summed E-state index contributed by atoms with van der Waals surface area (Å²) in [5, 5.41) is 4.90. The van der Waals surface area contributed by atoms with Gasteiger partial charge in [-0.05, 0) is 13.0 Å². The largest absolute Gasteiger partial charge is 0.313 e. The Kier molecular flexibility index (Phi) is 3.34. The number of carbonyl (C=O) groups excluding carboxylic acids is 1. The normalized spacial score (nSPS) is 10.4. The number of aromatic nitrogens is 3. The van der Waals surface area contributed by atoms with E-state index in [1.165, 1.54) is 6.92 Å². The fourth-order valence-electron chi connectivity index (χ4n) is 1.61. The molecule has 2 heterocycles. The van der Waals surface area contributed by atoms with Gasteiger partial charge in [0.05, 0.1) is 28.8 Å². The lowest BCUT2D eigenvalue weighted by molar-refractivity contribution is -0.116. The van der Waals surface area contributed by atoms with Crippen LogP contribution in [0.1, 0.15) is 12.6 Å². The number of carbonyl (C=O) groups is 1. The molecule has 5 nitrogen and oxygen atoms in total. The Morgan fingerprint density at radius 1 is 1.50 bits per heavy atom. The van der Waals surface area contributed by atoms with Crippen LogP contribution in [0.25, 0.3) is 5.69 Å². The van der Waals surface area contributed by atoms with Gasteiger partial charge in [-0.15, -0.1) is 0 Å². The van der Waals surface area contributed by atoms with Gasteiger partial charge >= 0.3 is 0 Å². The van der Waals surface area contributed by atoms with Crippen molar-refractivity contribution in [2.24, 2.45) is 0 Å². The van der Waals surface area contributed by atoms with Crippen molar-refractivity contribution in [2.75, 3.05) is 11.9 Å². The van der Waals surface area contributed by atoms with Crippen molar-refractivity contribution in [1.82, 2.24) is 14.8 Å². The molecule has 2 rings (SSSR count). The summed E-state index contributed by atoms with van der Waals surface area (Å²) >= 11 is 6.08. The highest BCUT2D eigenvalue weighted by Crippen LogP contribution is 2.23. The van der Waals surface area contributed by atoms with E-state index in [1.54, 1.807) is 41.3 Å². The lowest BCUT2D eigenvalue weighted by Crippen LogP contribution is -2.22. The number of anilines is 1. The molecule has 0 aliphatic rings. The summed E-state index contributed by atoms with van der Waals surface area (Å²) in [4.78, 5) is 16.9. The average molecular weight is 265 g/mol. The van der Waals surface area contributed by atoms with Gasteiger partial charge in [0.25, 0.3) is 0 Å². The lowest BCUT2D eigenvalue weighted by Gasteiger charge is -2.12. The number of hydrogen-bond acceptors (Lipinski definition) is 3. The van der Waals surface area contributed by atoms with Crippen molar-refractivity contribution >= 4 is 23.2 Å². The minimum absolute atomic E-state index is 0.0464. The third kappa shape index (κ3) is 2.22. The maximum absolute atomic E-state index is 11.4. The van der Waals surface area contributed by atoms with Crippen molar-refractivity contribution in [2.45, 2.75) is 13.8 Å². The van der Waals surface area contributed by atoms with E-state index in [1.807, 2.05) is 6.92 Å². The van der Waals surface area contributed by atoms with Crippen LogP contribution < -0.4 is 4.90 Å². The van der Waals surface area contributed by atoms with Gasteiger partial charge < -0.3 is 4.90 Å². The zero-order valence-electron chi connectivity index (χ0n) is 10.4. The molecule has 0 aliphatic carbocycles. The topological polar surface area (TPSA) is 51.0 Å². The molecule has 2 aromatic heterocycles. The monoisotopic (exact) mass is 264 g/mol. The van der Waals surface area contributed by atoms with Crippen LogP contribution in [0.15, 0.2) is 24.7 Å². The minimum atomic E-state index is -0.0464. The van der Waals surface area contributed by atoms with Gasteiger partial charge in [-0.2, -0.15) is 5.10 Å². The third-order valence-electron chi connectivity index (χ3n) is 2.70. The molecule has 0 bridgehead atoms. The van der Waals surface area contributed by atoms with Gasteiger partial charge in [0.2, 0.25) is 5.91 Å². The van der Waals surface area contributed by atoms with E-state index in [0.717, 1.165) is 11.4 Å². The van der Waals surface area contributed by atoms with Crippen molar-refractivity contribution in [1.29, 1.82) is 0 Å². The lowest BCUT2D eigenvalue weighted by atomic mass is 10.3. The molecular weight excluding hydrogens is 252 g/mol. The van der Waals surface area contributed by atoms with E-state index in [4.69, 9.17) is 11.6 Å². The van der Waals surface area contributed by atoms with Crippen LogP contribution in [0.2, 0.25) is 5.02 Å². The zero-order valence-corrected chi connectivity index (χ0v) is 11.1. The third-order valence-corrected chi connectivity index (χ3v) is 3.02. The second-order valence-corrected chi connectivity index (χ2v) is 4.36. The molecule has 2 aromatic rings. The first kappa shape index (κ1) is 12.6. The van der Waals surface area contributed by atoms with Gasteiger partial charge in [-0.25, -0.2) is 4.68 Å². The van der Waals surface area contributed by atoms with Gasteiger partial charge in [-0.1, -0.05) is 11.6 Å². The molecule has 0 aromatic carbocycles. The number of halogens is 1. The number of amides is 1. The highest BCUT2D eigenvalue weighted by molar-refractivity contribution is 6.32. The summed E-state index contributed by atoms with van der Waals surface area (Å²) in [7, 11) is 1.71. The molecule has 0 spiro atoms. The molecular formula is C12H13ClN4O. The number of rotatable bonds is 2. The van der Waals surface area contributed by atoms with Gasteiger partial charge in [-0.3, -0.25) is 9.78 Å². The smallest absolute Gasteiger partial charge is 0.223 e. The van der Waals surface area contributed by atoms with Crippen molar-refractivity contribution in [3.63, 3.8) is 0 Å². The molecule has 18 heavy (non-hydrogen) atoms. The van der Waals surface area contributed by atoms with Crippen LogP contribution in [0.4, 0.5) is 5.69 Å². The standard InChI is InChI=1S/C12H13ClN4O/c1-8-12(16(3)9(2)18)7-17(15-8)11-6-14-5-4-10(11)13/h4-7H,1-3H3. The van der Waals surface area contributed by atoms with Crippen LogP contribution in [0.3, 0.4) is 0 Å². The maximum atomic E-state index is 11.4. The molecule has 94 valence electrons. The van der Waals surface area contributed by atoms with Gasteiger partial charge in [0.1, 0.15) is 5.69 Å². The van der Waals surface area contributed by atoms with Crippen LogP contribution in [-0.4, -0.2) is 27.7 Å². The Bertz CT molecular complexity index is 594. The number of aryl methyl sites for hydroxylation is 1. The highest BCUT2D eigenvalue weighted by Gasteiger charge is 2.14. The summed E-state index contributed by atoms with van der Waals surface area (Å²) in [6, 6.07) is 1.70. The van der Waals surface area contributed by atoms with E-state index in [2.05, 4.69) is 10.1 Å². The molecule has 0 aliphatic heterocycles. The summed E-state index contributed by atoms with van der Waals surface area (Å²) in [6.45, 7) is 3.35. The Morgan fingerprint density at radius 2 is 2.22 bits per heavy atom. The first-order chi connectivity index (χ1) is 8.50. The fraction of sp³-hybridized carbons (Fsp3) is 0.250. The number of nitrogens with zero attached hydrogens (tertiary/aromatic N) is 4. The summed E-state index contributed by atoms with van der Waals surface area (Å²) in [6.07, 6.45) is 5.01. The minimum Gasteiger partial charge on any atom is -0.313 e. The van der Waals surface area contributed by atoms with Crippen molar-refractivity contribution in [3.8, 4) is 5.69 Å². The zero-order chi connectivity index (χ0) is 13.3. The first-order valence-electron chi connectivity index (χ1n) is 5.41. The molecule has 0 unspecified atom stereocenters. The van der Waals surface area contributed by atoms with Crippen LogP contribution in [-0.2, 0) is 4.79 Å². The Labute approximate surface area is 110 Å². The van der Waals surface area contributed by atoms with E-state index < -0.39 is 0 Å². The van der Waals surface area contributed by atoms with Crippen LogP contribution >= 0.6 is 11.6 Å². The first-order valence-corrected chi connectivity index (χ1v) is 5.79. The van der Waals surface area contributed by atoms with E-state index >= 15 is 0 Å². The van der Waals surface area contributed by atoms with Crippen molar-refractivity contribution in [3.05, 3.63) is 35.4 Å². The number of pyridine rings is 1.